The van der Waals surface area contributed by atoms with Crippen LogP contribution in [0, 0.1) is 10.1 Å². The van der Waals surface area contributed by atoms with E-state index in [2.05, 4.69) is 15.1 Å². The summed E-state index contributed by atoms with van der Waals surface area (Å²) in [5, 5.41) is 15.8. The minimum absolute atomic E-state index is 0.0347. The number of benzene rings is 2. The van der Waals surface area contributed by atoms with E-state index in [1.54, 1.807) is 18.2 Å². The molecule has 2 aromatic carbocycles. The van der Waals surface area contributed by atoms with Gasteiger partial charge in [0.05, 0.1) is 4.92 Å². The topological polar surface area (TPSA) is 61.7 Å². The van der Waals surface area contributed by atoms with Crippen LogP contribution in [0.2, 0.25) is 10.0 Å². The van der Waals surface area contributed by atoms with Crippen molar-refractivity contribution in [1.82, 2.24) is 9.80 Å². The number of nitrogens with one attached hydrogen (secondary N) is 1. The number of thiocarbonyl (C=S) groups is 1. The van der Waals surface area contributed by atoms with Gasteiger partial charge in [0.25, 0.3) is 5.69 Å². The molecule has 0 aliphatic carbocycles. The van der Waals surface area contributed by atoms with E-state index in [9.17, 15) is 10.1 Å². The van der Waals surface area contributed by atoms with E-state index in [1.807, 2.05) is 12.1 Å². The van der Waals surface area contributed by atoms with Gasteiger partial charge >= 0.3 is 0 Å². The van der Waals surface area contributed by atoms with Gasteiger partial charge in [-0.2, -0.15) is 0 Å². The van der Waals surface area contributed by atoms with Gasteiger partial charge in [0.1, 0.15) is 0 Å². The molecule has 0 spiro atoms. The van der Waals surface area contributed by atoms with Gasteiger partial charge in [-0.15, -0.1) is 0 Å². The Hall–Kier alpha value is -1.93. The fraction of sp³-hybridized carbons (Fsp3) is 0.278. The lowest BCUT2D eigenvalue weighted by atomic mass is 10.2. The first kappa shape index (κ1) is 19.8. The molecule has 6 nitrogen and oxygen atoms in total. The highest BCUT2D eigenvalue weighted by molar-refractivity contribution is 7.80. The molecule has 1 aliphatic heterocycles. The lowest BCUT2D eigenvalue weighted by Gasteiger charge is -2.36. The van der Waals surface area contributed by atoms with Gasteiger partial charge in [-0.3, -0.25) is 15.0 Å². The molecule has 0 saturated carbocycles. The number of hydrogen-bond acceptors (Lipinski definition) is 4. The smallest absolute Gasteiger partial charge is 0.271 e. The van der Waals surface area contributed by atoms with Crippen LogP contribution in [0.25, 0.3) is 0 Å². The number of nitrogens with zero attached hydrogens (tertiary/aromatic N) is 3. The number of piperazine rings is 1. The predicted molar refractivity (Wildman–Crippen MR) is 113 cm³/mol. The van der Waals surface area contributed by atoms with Crippen molar-refractivity contribution < 1.29 is 4.92 Å². The van der Waals surface area contributed by atoms with Crippen molar-refractivity contribution in [2.75, 3.05) is 31.5 Å². The lowest BCUT2D eigenvalue weighted by molar-refractivity contribution is -0.384. The predicted octanol–water partition coefficient (Wildman–Crippen LogP) is 4.42. The number of hydrogen-bond donors (Lipinski definition) is 1. The van der Waals surface area contributed by atoms with Crippen LogP contribution in [0.5, 0.6) is 0 Å². The van der Waals surface area contributed by atoms with E-state index >= 15 is 0 Å². The summed E-state index contributed by atoms with van der Waals surface area (Å²) in [5.74, 6) is 0. The molecule has 142 valence electrons. The number of non-ortho nitro benzene ring substituents is 1. The molecule has 27 heavy (non-hydrogen) atoms. The molecule has 1 saturated heterocycles. The van der Waals surface area contributed by atoms with Gasteiger partial charge < -0.3 is 10.2 Å². The summed E-state index contributed by atoms with van der Waals surface area (Å²) in [5.41, 5.74) is 1.70. The molecule has 2 aromatic rings. The van der Waals surface area contributed by atoms with Gasteiger partial charge in [-0.1, -0.05) is 35.3 Å². The van der Waals surface area contributed by atoms with Crippen LogP contribution in [0.15, 0.2) is 42.5 Å². The van der Waals surface area contributed by atoms with Crippen molar-refractivity contribution in [3.05, 3.63) is 68.2 Å². The SMILES string of the molecule is O=[N+]([O-])c1cccc(NC(=S)N2CCN(Cc3ccc(Cl)cc3Cl)CC2)c1. The molecule has 1 N–H and O–H groups in total. The Balaban J connectivity index is 1.53. The van der Waals surface area contributed by atoms with E-state index < -0.39 is 4.92 Å². The third kappa shape index (κ3) is 5.29. The van der Waals surface area contributed by atoms with Gasteiger partial charge in [0.15, 0.2) is 5.11 Å². The molecule has 9 heteroatoms. The van der Waals surface area contributed by atoms with Crippen LogP contribution in [0.1, 0.15) is 5.56 Å². The molecule has 0 radical (unpaired) electrons. The van der Waals surface area contributed by atoms with Crippen molar-refractivity contribution in [3.8, 4) is 0 Å². The number of nitro groups is 1. The van der Waals surface area contributed by atoms with Crippen LogP contribution in [-0.4, -0.2) is 46.0 Å². The fourth-order valence-electron chi connectivity index (χ4n) is 2.90. The molecule has 0 aromatic heterocycles. The van der Waals surface area contributed by atoms with Crippen molar-refractivity contribution in [1.29, 1.82) is 0 Å². The summed E-state index contributed by atoms with van der Waals surface area (Å²) in [7, 11) is 0. The zero-order valence-corrected chi connectivity index (χ0v) is 16.7. The van der Waals surface area contributed by atoms with Crippen molar-refractivity contribution in [3.63, 3.8) is 0 Å². The first-order chi connectivity index (χ1) is 12.9. The van der Waals surface area contributed by atoms with Crippen molar-refractivity contribution >= 4 is 51.9 Å². The number of anilines is 1. The third-order valence-electron chi connectivity index (χ3n) is 4.38. The zero-order chi connectivity index (χ0) is 19.4. The highest BCUT2D eigenvalue weighted by atomic mass is 35.5. The lowest BCUT2D eigenvalue weighted by Crippen LogP contribution is -2.49. The number of halogens is 2. The second-order valence-electron chi connectivity index (χ2n) is 6.24. The van der Waals surface area contributed by atoms with Gasteiger partial charge in [0.2, 0.25) is 0 Å². The zero-order valence-electron chi connectivity index (χ0n) is 14.4. The minimum Gasteiger partial charge on any atom is -0.346 e. The highest BCUT2D eigenvalue weighted by Gasteiger charge is 2.20. The first-order valence-corrected chi connectivity index (χ1v) is 9.55. The molecule has 0 amide bonds. The normalized spacial score (nSPS) is 14.8. The van der Waals surface area contributed by atoms with Crippen molar-refractivity contribution in [2.45, 2.75) is 6.54 Å². The van der Waals surface area contributed by atoms with E-state index in [1.165, 1.54) is 12.1 Å². The number of nitro benzene ring substituents is 1. The Labute approximate surface area is 172 Å². The maximum absolute atomic E-state index is 10.9. The van der Waals surface area contributed by atoms with Gasteiger partial charge in [-0.05, 0) is 36.0 Å². The standard InChI is InChI=1S/C18H18Cl2N4O2S/c19-14-5-4-13(17(20)10-14)12-22-6-8-23(9-7-22)18(27)21-15-2-1-3-16(11-15)24(25)26/h1-5,10-11H,6-9,12H2,(H,21,27). The first-order valence-electron chi connectivity index (χ1n) is 8.39. The van der Waals surface area contributed by atoms with Gasteiger partial charge in [0, 0.05) is 60.6 Å². The Morgan fingerprint density at radius 2 is 1.89 bits per heavy atom. The summed E-state index contributed by atoms with van der Waals surface area (Å²) >= 11 is 17.7. The minimum atomic E-state index is -0.422. The Kier molecular flexibility index (Phi) is 6.49. The summed E-state index contributed by atoms with van der Waals surface area (Å²) in [6.07, 6.45) is 0. The second-order valence-corrected chi connectivity index (χ2v) is 7.47. The van der Waals surface area contributed by atoms with E-state index in [-0.39, 0.29) is 5.69 Å². The largest absolute Gasteiger partial charge is 0.346 e. The van der Waals surface area contributed by atoms with E-state index in [0.29, 0.717) is 20.8 Å². The molecule has 0 unspecified atom stereocenters. The van der Waals surface area contributed by atoms with Crippen LogP contribution >= 0.6 is 35.4 Å². The highest BCUT2D eigenvalue weighted by Crippen LogP contribution is 2.23. The maximum atomic E-state index is 10.9. The average Bonchev–Trinajstić information content (AvgIpc) is 2.65. The third-order valence-corrected chi connectivity index (χ3v) is 5.32. The average molecular weight is 425 g/mol. The van der Waals surface area contributed by atoms with Crippen LogP contribution in [-0.2, 0) is 6.54 Å². The Bertz CT molecular complexity index is 857. The summed E-state index contributed by atoms with van der Waals surface area (Å²) < 4.78 is 0. The van der Waals surface area contributed by atoms with E-state index in [0.717, 1.165) is 38.3 Å². The van der Waals surface area contributed by atoms with E-state index in [4.69, 9.17) is 35.4 Å². The summed E-state index contributed by atoms with van der Waals surface area (Å²) in [6, 6.07) is 11.9. The molecule has 0 bridgehead atoms. The molecule has 1 fully saturated rings. The Morgan fingerprint density at radius 1 is 1.15 bits per heavy atom. The molecule has 1 heterocycles. The van der Waals surface area contributed by atoms with Crippen LogP contribution < -0.4 is 5.32 Å². The molecule has 0 atom stereocenters. The monoisotopic (exact) mass is 424 g/mol. The number of rotatable bonds is 4. The van der Waals surface area contributed by atoms with Crippen LogP contribution in [0.3, 0.4) is 0 Å². The Morgan fingerprint density at radius 3 is 2.56 bits per heavy atom. The maximum Gasteiger partial charge on any atom is 0.271 e. The molecular formula is C18H18Cl2N4O2S. The molecule has 1 aliphatic rings. The van der Waals surface area contributed by atoms with Crippen molar-refractivity contribution in [2.24, 2.45) is 0 Å². The summed E-state index contributed by atoms with van der Waals surface area (Å²) in [4.78, 5) is 14.8. The van der Waals surface area contributed by atoms with Gasteiger partial charge in [-0.25, -0.2) is 0 Å². The molecular weight excluding hydrogens is 407 g/mol. The molecule has 3 rings (SSSR count). The summed E-state index contributed by atoms with van der Waals surface area (Å²) in [6.45, 7) is 3.98. The quantitative estimate of drug-likeness (QED) is 0.445. The van der Waals surface area contributed by atoms with Crippen LogP contribution in [0.4, 0.5) is 11.4 Å². The fourth-order valence-corrected chi connectivity index (χ4v) is 3.67. The second kappa shape index (κ2) is 8.84.